The highest BCUT2D eigenvalue weighted by Gasteiger charge is 2.31. The molecule has 168 valence electrons. The SMILES string of the molecule is O=C(CCN1C(=O)/C(=C/C=C/c2ccccc2)SC1=S)NNC(=O)c1ccccc1[N+](=O)[O-]. The fraction of sp³-hybridized carbons (Fsp3) is 0.0909. The highest BCUT2D eigenvalue weighted by atomic mass is 32.2. The van der Waals surface area contributed by atoms with Gasteiger partial charge in [0, 0.05) is 19.0 Å². The maximum Gasteiger partial charge on any atom is 0.282 e. The summed E-state index contributed by atoms with van der Waals surface area (Å²) in [6, 6.07) is 15.0. The standard InChI is InChI=1S/C22H18N4O5S2/c27-19(23-24-20(28)16-10-4-5-11-17(16)26(30)31)13-14-25-21(29)18(33-22(25)32)12-6-9-15-7-2-1-3-8-15/h1-12H,13-14H2,(H,23,27)(H,24,28)/b9-6+,18-12-. The molecule has 0 radical (unpaired) electrons. The van der Waals surface area contributed by atoms with E-state index in [-0.39, 0.29) is 30.1 Å². The number of thiocarbonyl (C=S) groups is 1. The van der Waals surface area contributed by atoms with E-state index in [1.807, 2.05) is 36.4 Å². The van der Waals surface area contributed by atoms with E-state index in [9.17, 15) is 24.5 Å². The van der Waals surface area contributed by atoms with E-state index >= 15 is 0 Å². The monoisotopic (exact) mass is 482 g/mol. The van der Waals surface area contributed by atoms with Gasteiger partial charge < -0.3 is 0 Å². The first-order chi connectivity index (χ1) is 15.9. The number of benzene rings is 2. The number of carbonyl (C=O) groups excluding carboxylic acids is 3. The molecule has 0 spiro atoms. The van der Waals surface area contributed by atoms with E-state index in [1.165, 1.54) is 29.2 Å². The quantitative estimate of drug-likeness (QED) is 0.269. The van der Waals surface area contributed by atoms with Gasteiger partial charge in [-0.25, -0.2) is 0 Å². The summed E-state index contributed by atoms with van der Waals surface area (Å²) in [7, 11) is 0. The number of nitrogens with zero attached hydrogens (tertiary/aromatic N) is 2. The second-order valence-electron chi connectivity index (χ2n) is 6.65. The van der Waals surface area contributed by atoms with E-state index in [0.717, 1.165) is 17.3 Å². The van der Waals surface area contributed by atoms with Crippen LogP contribution in [0.2, 0.25) is 0 Å². The molecule has 0 aliphatic carbocycles. The van der Waals surface area contributed by atoms with E-state index in [4.69, 9.17) is 12.2 Å². The molecule has 33 heavy (non-hydrogen) atoms. The van der Waals surface area contributed by atoms with Crippen molar-refractivity contribution in [2.24, 2.45) is 0 Å². The predicted octanol–water partition coefficient (Wildman–Crippen LogP) is 3.20. The lowest BCUT2D eigenvalue weighted by Gasteiger charge is -2.14. The highest BCUT2D eigenvalue weighted by Crippen LogP contribution is 2.31. The minimum absolute atomic E-state index is 0.0254. The molecule has 0 atom stereocenters. The number of amides is 3. The molecule has 1 saturated heterocycles. The van der Waals surface area contributed by atoms with Crippen molar-refractivity contribution in [2.75, 3.05) is 6.54 Å². The molecule has 1 fully saturated rings. The zero-order valence-corrected chi connectivity index (χ0v) is 18.7. The first kappa shape index (κ1) is 23.8. The molecule has 0 saturated carbocycles. The molecule has 1 aliphatic rings. The number of nitrogens with one attached hydrogen (secondary N) is 2. The van der Waals surface area contributed by atoms with Gasteiger partial charge in [0.05, 0.1) is 9.83 Å². The smallest absolute Gasteiger partial charge is 0.282 e. The number of thioether (sulfide) groups is 1. The van der Waals surface area contributed by atoms with E-state index in [1.54, 1.807) is 12.2 Å². The van der Waals surface area contributed by atoms with Gasteiger partial charge in [0.15, 0.2) is 0 Å². The van der Waals surface area contributed by atoms with Crippen LogP contribution in [-0.2, 0) is 9.59 Å². The zero-order valence-electron chi connectivity index (χ0n) is 17.1. The average molecular weight is 483 g/mol. The number of hydrazine groups is 1. The Bertz CT molecular complexity index is 1160. The van der Waals surface area contributed by atoms with Crippen molar-refractivity contribution in [3.63, 3.8) is 0 Å². The van der Waals surface area contributed by atoms with Crippen molar-refractivity contribution in [1.82, 2.24) is 15.8 Å². The van der Waals surface area contributed by atoms with Gasteiger partial charge in [-0.2, -0.15) is 0 Å². The van der Waals surface area contributed by atoms with Crippen LogP contribution in [0.4, 0.5) is 5.69 Å². The Balaban J connectivity index is 1.51. The number of allylic oxidation sites excluding steroid dienone is 2. The van der Waals surface area contributed by atoms with Crippen molar-refractivity contribution in [2.45, 2.75) is 6.42 Å². The van der Waals surface area contributed by atoms with Gasteiger partial charge >= 0.3 is 0 Å². The maximum atomic E-state index is 12.6. The Morgan fingerprint density at radius 3 is 2.52 bits per heavy atom. The normalized spacial score (nSPS) is 14.7. The van der Waals surface area contributed by atoms with Gasteiger partial charge in [-0.05, 0) is 17.7 Å². The molecule has 3 rings (SSSR count). The molecule has 0 unspecified atom stereocenters. The van der Waals surface area contributed by atoms with Crippen LogP contribution in [-0.4, -0.2) is 38.4 Å². The molecule has 1 heterocycles. The van der Waals surface area contributed by atoms with Gasteiger partial charge in [-0.3, -0.25) is 40.2 Å². The fourth-order valence-corrected chi connectivity index (χ4v) is 4.07. The van der Waals surface area contributed by atoms with Crippen LogP contribution >= 0.6 is 24.0 Å². The Labute approximate surface area is 198 Å². The molecule has 1 aliphatic heterocycles. The first-order valence-electron chi connectivity index (χ1n) is 9.66. The molecular weight excluding hydrogens is 464 g/mol. The molecule has 2 aromatic rings. The van der Waals surface area contributed by atoms with Crippen LogP contribution in [0.3, 0.4) is 0 Å². The molecule has 2 N–H and O–H groups in total. The fourth-order valence-electron chi connectivity index (χ4n) is 2.81. The van der Waals surface area contributed by atoms with Crippen molar-refractivity contribution in [3.05, 3.63) is 92.9 Å². The minimum atomic E-state index is -0.825. The molecule has 0 bridgehead atoms. The van der Waals surface area contributed by atoms with Crippen molar-refractivity contribution < 1.29 is 19.3 Å². The maximum absolute atomic E-state index is 12.6. The van der Waals surface area contributed by atoms with Crippen LogP contribution in [0.25, 0.3) is 6.08 Å². The number of para-hydroxylation sites is 1. The van der Waals surface area contributed by atoms with Gasteiger partial charge in [-0.1, -0.05) is 78.6 Å². The summed E-state index contributed by atoms with van der Waals surface area (Å²) in [5.74, 6) is -1.71. The van der Waals surface area contributed by atoms with Crippen LogP contribution in [0.1, 0.15) is 22.3 Å². The number of carbonyl (C=O) groups is 3. The summed E-state index contributed by atoms with van der Waals surface area (Å²) in [5.41, 5.74) is 4.75. The summed E-state index contributed by atoms with van der Waals surface area (Å²) < 4.78 is 0.330. The largest absolute Gasteiger partial charge is 0.292 e. The summed E-state index contributed by atoms with van der Waals surface area (Å²) in [6.07, 6.45) is 5.16. The molecular formula is C22H18N4O5S2. The lowest BCUT2D eigenvalue weighted by Crippen LogP contribution is -2.43. The van der Waals surface area contributed by atoms with E-state index in [0.29, 0.717) is 9.23 Å². The van der Waals surface area contributed by atoms with E-state index in [2.05, 4.69) is 10.9 Å². The Kier molecular flexibility index (Phi) is 8.06. The second-order valence-corrected chi connectivity index (χ2v) is 8.33. The molecule has 2 aromatic carbocycles. The van der Waals surface area contributed by atoms with Crippen LogP contribution in [0, 0.1) is 10.1 Å². The number of hydrogen-bond acceptors (Lipinski definition) is 7. The van der Waals surface area contributed by atoms with Gasteiger partial charge in [0.25, 0.3) is 17.5 Å². The lowest BCUT2D eigenvalue weighted by atomic mass is 10.2. The number of nitro groups is 1. The third-order valence-corrected chi connectivity index (χ3v) is 5.83. The zero-order chi connectivity index (χ0) is 23.8. The molecule has 11 heteroatoms. The lowest BCUT2D eigenvalue weighted by molar-refractivity contribution is -0.385. The van der Waals surface area contributed by atoms with E-state index < -0.39 is 16.7 Å². The van der Waals surface area contributed by atoms with Crippen LogP contribution in [0.5, 0.6) is 0 Å². The molecule has 9 nitrogen and oxygen atoms in total. The molecule has 3 amide bonds. The number of rotatable bonds is 7. The highest BCUT2D eigenvalue weighted by molar-refractivity contribution is 8.26. The summed E-state index contributed by atoms with van der Waals surface area (Å²) in [6.45, 7) is 0.0254. The van der Waals surface area contributed by atoms with Crippen molar-refractivity contribution >= 4 is 57.8 Å². The Morgan fingerprint density at radius 1 is 1.09 bits per heavy atom. The third kappa shape index (κ3) is 6.34. The Hall–Kier alpha value is -3.83. The topological polar surface area (TPSA) is 122 Å². The van der Waals surface area contributed by atoms with Crippen LogP contribution < -0.4 is 10.9 Å². The Morgan fingerprint density at radius 2 is 1.79 bits per heavy atom. The number of hydrogen-bond donors (Lipinski definition) is 2. The third-order valence-electron chi connectivity index (χ3n) is 4.43. The van der Waals surface area contributed by atoms with Crippen LogP contribution in [0.15, 0.2) is 71.7 Å². The average Bonchev–Trinajstić information content (AvgIpc) is 3.09. The van der Waals surface area contributed by atoms with Gasteiger partial charge in [0.1, 0.15) is 9.88 Å². The summed E-state index contributed by atoms with van der Waals surface area (Å²) in [4.78, 5) is 48.9. The van der Waals surface area contributed by atoms with Crippen molar-refractivity contribution in [3.8, 4) is 0 Å². The first-order valence-corrected chi connectivity index (χ1v) is 10.9. The minimum Gasteiger partial charge on any atom is -0.292 e. The summed E-state index contributed by atoms with van der Waals surface area (Å²) >= 11 is 6.38. The van der Waals surface area contributed by atoms with Gasteiger partial charge in [0.2, 0.25) is 5.91 Å². The second kappa shape index (κ2) is 11.2. The van der Waals surface area contributed by atoms with Gasteiger partial charge in [-0.15, -0.1) is 0 Å². The molecule has 0 aromatic heterocycles. The summed E-state index contributed by atoms with van der Waals surface area (Å²) in [5, 5.41) is 11.0. The number of nitro benzene ring substituents is 1. The van der Waals surface area contributed by atoms with Crippen molar-refractivity contribution in [1.29, 1.82) is 0 Å². The predicted molar refractivity (Wildman–Crippen MR) is 129 cm³/mol.